The fourth-order valence-electron chi connectivity index (χ4n) is 1.25. The maximum absolute atomic E-state index is 10.7. The number of benzene rings is 1. The third-order valence-electron chi connectivity index (χ3n) is 2.03. The largest absolute Gasteiger partial charge is 0.502 e. The van der Waals surface area contributed by atoms with Crippen LogP contribution in [0.2, 0.25) is 0 Å². The molecule has 0 radical (unpaired) electrons. The average Bonchev–Trinajstić information content (AvgIpc) is 2.82. The Kier molecular flexibility index (Phi) is 3.68. The van der Waals surface area contributed by atoms with E-state index in [1.807, 2.05) is 0 Å². The highest BCUT2D eigenvalue weighted by atomic mass is 79.9. The van der Waals surface area contributed by atoms with Gasteiger partial charge in [-0.15, -0.1) is 11.3 Å². The monoisotopic (exact) mass is 327 g/mol. The molecule has 6 nitrogen and oxygen atoms in total. The Bertz CT molecular complexity index is 613. The van der Waals surface area contributed by atoms with Crippen LogP contribution in [0.4, 0.5) is 10.7 Å². The summed E-state index contributed by atoms with van der Waals surface area (Å²) in [7, 11) is 0. The lowest BCUT2D eigenvalue weighted by atomic mass is 10.2. The second-order valence-corrected chi connectivity index (χ2v) is 5.00. The van der Waals surface area contributed by atoms with Crippen molar-refractivity contribution in [2.45, 2.75) is 0 Å². The SMILES string of the molecule is O=[N+]([O-])c1cc(Br)cc(C=Nc2cncs2)c1O. The van der Waals surface area contributed by atoms with E-state index in [2.05, 4.69) is 25.9 Å². The predicted octanol–water partition coefficient (Wildman–Crippen LogP) is 3.27. The summed E-state index contributed by atoms with van der Waals surface area (Å²) in [5, 5.41) is 21.1. The molecule has 0 aliphatic rings. The van der Waals surface area contributed by atoms with Crippen molar-refractivity contribution in [2.24, 2.45) is 4.99 Å². The van der Waals surface area contributed by atoms with E-state index in [9.17, 15) is 15.2 Å². The Hall–Kier alpha value is -1.80. The van der Waals surface area contributed by atoms with Crippen molar-refractivity contribution in [3.8, 4) is 5.75 Å². The van der Waals surface area contributed by atoms with Gasteiger partial charge in [-0.1, -0.05) is 15.9 Å². The van der Waals surface area contributed by atoms with Crippen LogP contribution in [0.15, 0.2) is 33.3 Å². The molecule has 0 aliphatic carbocycles. The summed E-state index contributed by atoms with van der Waals surface area (Å²) in [5.41, 5.74) is 1.52. The summed E-state index contributed by atoms with van der Waals surface area (Å²) in [6, 6.07) is 2.78. The number of nitro benzene ring substituents is 1. The van der Waals surface area contributed by atoms with Crippen molar-refractivity contribution in [1.82, 2.24) is 4.98 Å². The molecule has 0 atom stereocenters. The molecule has 18 heavy (non-hydrogen) atoms. The number of phenols is 1. The number of nitro groups is 1. The quantitative estimate of drug-likeness (QED) is 0.532. The van der Waals surface area contributed by atoms with Crippen LogP contribution in [0.3, 0.4) is 0 Å². The van der Waals surface area contributed by atoms with Crippen molar-refractivity contribution in [3.05, 3.63) is 44.0 Å². The fourth-order valence-corrected chi connectivity index (χ4v) is 2.18. The second-order valence-electron chi connectivity index (χ2n) is 3.22. The maximum Gasteiger partial charge on any atom is 0.312 e. The van der Waals surface area contributed by atoms with Gasteiger partial charge >= 0.3 is 5.69 Å². The van der Waals surface area contributed by atoms with Crippen molar-refractivity contribution < 1.29 is 10.0 Å². The van der Waals surface area contributed by atoms with Crippen LogP contribution in [0.1, 0.15) is 5.56 Å². The standard InChI is InChI=1S/C10H6BrN3O3S/c11-7-1-6(3-13-9-4-12-5-18-9)10(15)8(2-7)14(16)17/h1-5,15H. The fraction of sp³-hybridized carbons (Fsp3) is 0. The van der Waals surface area contributed by atoms with Crippen LogP contribution in [0, 0.1) is 10.1 Å². The molecule has 2 aromatic rings. The highest BCUT2D eigenvalue weighted by molar-refractivity contribution is 9.10. The van der Waals surface area contributed by atoms with E-state index in [0.29, 0.717) is 9.47 Å². The first-order valence-corrected chi connectivity index (χ1v) is 6.34. The molecule has 0 aliphatic heterocycles. The molecule has 1 aromatic carbocycles. The second kappa shape index (κ2) is 5.23. The molecule has 0 fully saturated rings. The molecule has 0 saturated heterocycles. The normalized spacial score (nSPS) is 10.9. The van der Waals surface area contributed by atoms with Crippen molar-refractivity contribution in [1.29, 1.82) is 0 Å². The van der Waals surface area contributed by atoms with Crippen LogP contribution in [0.25, 0.3) is 0 Å². The Morgan fingerprint density at radius 3 is 2.94 bits per heavy atom. The lowest BCUT2D eigenvalue weighted by Crippen LogP contribution is -1.92. The highest BCUT2D eigenvalue weighted by Gasteiger charge is 2.17. The van der Waals surface area contributed by atoms with Gasteiger partial charge < -0.3 is 5.11 Å². The molecular formula is C10H6BrN3O3S. The van der Waals surface area contributed by atoms with E-state index in [-0.39, 0.29) is 11.3 Å². The molecule has 0 amide bonds. The van der Waals surface area contributed by atoms with Gasteiger partial charge in [-0.3, -0.25) is 15.1 Å². The van der Waals surface area contributed by atoms with Gasteiger partial charge in [-0.05, 0) is 6.07 Å². The molecule has 2 rings (SSSR count). The molecule has 0 spiro atoms. The molecule has 0 bridgehead atoms. The van der Waals surface area contributed by atoms with Gasteiger partial charge in [0, 0.05) is 22.3 Å². The molecule has 1 heterocycles. The number of phenolic OH excluding ortho intramolecular Hbond substituents is 1. The number of halogens is 1. The first-order valence-electron chi connectivity index (χ1n) is 4.67. The zero-order valence-corrected chi connectivity index (χ0v) is 11.2. The van der Waals surface area contributed by atoms with E-state index < -0.39 is 10.7 Å². The van der Waals surface area contributed by atoms with Gasteiger partial charge in [0.15, 0.2) is 0 Å². The minimum atomic E-state index is -0.649. The Morgan fingerprint density at radius 1 is 1.56 bits per heavy atom. The van der Waals surface area contributed by atoms with E-state index in [4.69, 9.17) is 0 Å². The Labute approximate surface area is 114 Å². The van der Waals surface area contributed by atoms with Crippen LogP contribution in [0.5, 0.6) is 5.75 Å². The number of thiazole rings is 1. The number of aromatic hydroxyl groups is 1. The van der Waals surface area contributed by atoms with Crippen LogP contribution in [-0.4, -0.2) is 21.2 Å². The summed E-state index contributed by atoms with van der Waals surface area (Å²) in [4.78, 5) is 18.0. The van der Waals surface area contributed by atoms with Gasteiger partial charge in [-0.25, -0.2) is 4.99 Å². The van der Waals surface area contributed by atoms with Gasteiger partial charge in [0.2, 0.25) is 5.75 Å². The Morgan fingerprint density at radius 2 is 2.33 bits per heavy atom. The van der Waals surface area contributed by atoms with Crippen molar-refractivity contribution >= 4 is 44.2 Å². The number of rotatable bonds is 3. The van der Waals surface area contributed by atoms with Crippen LogP contribution < -0.4 is 0 Å². The molecule has 1 aromatic heterocycles. The predicted molar refractivity (Wildman–Crippen MR) is 71.8 cm³/mol. The Balaban J connectivity index is 2.42. The number of aliphatic imine (C=N–C) groups is 1. The molecule has 0 unspecified atom stereocenters. The molecular weight excluding hydrogens is 322 g/mol. The smallest absolute Gasteiger partial charge is 0.312 e. The van der Waals surface area contributed by atoms with Gasteiger partial charge in [0.1, 0.15) is 5.00 Å². The number of hydrogen-bond acceptors (Lipinski definition) is 6. The zero-order chi connectivity index (χ0) is 13.1. The number of nitrogens with zero attached hydrogens (tertiary/aromatic N) is 3. The van der Waals surface area contributed by atoms with Crippen LogP contribution >= 0.6 is 27.3 Å². The van der Waals surface area contributed by atoms with Gasteiger partial charge in [-0.2, -0.15) is 0 Å². The molecule has 92 valence electrons. The first-order chi connectivity index (χ1) is 8.58. The lowest BCUT2D eigenvalue weighted by Gasteiger charge is -2.01. The molecule has 0 saturated carbocycles. The third-order valence-corrected chi connectivity index (χ3v) is 3.17. The maximum atomic E-state index is 10.7. The third kappa shape index (κ3) is 2.71. The van der Waals surface area contributed by atoms with E-state index in [1.165, 1.54) is 23.6 Å². The van der Waals surface area contributed by atoms with E-state index in [1.54, 1.807) is 17.8 Å². The van der Waals surface area contributed by atoms with Crippen molar-refractivity contribution in [2.75, 3.05) is 0 Å². The summed E-state index contributed by atoms with van der Waals surface area (Å²) in [5.74, 6) is -0.406. The lowest BCUT2D eigenvalue weighted by molar-refractivity contribution is -0.385. The summed E-state index contributed by atoms with van der Waals surface area (Å²) in [6.45, 7) is 0. The zero-order valence-electron chi connectivity index (χ0n) is 8.78. The highest BCUT2D eigenvalue weighted by Crippen LogP contribution is 2.32. The number of aromatic nitrogens is 1. The summed E-state index contributed by atoms with van der Waals surface area (Å²) in [6.07, 6.45) is 2.92. The molecule has 8 heteroatoms. The minimum absolute atomic E-state index is 0.268. The summed E-state index contributed by atoms with van der Waals surface area (Å²) >= 11 is 4.47. The van der Waals surface area contributed by atoms with Crippen molar-refractivity contribution in [3.63, 3.8) is 0 Å². The van der Waals surface area contributed by atoms with Gasteiger partial charge in [0.25, 0.3) is 0 Å². The summed E-state index contributed by atoms with van der Waals surface area (Å²) < 4.78 is 0.498. The van der Waals surface area contributed by atoms with Crippen LogP contribution in [-0.2, 0) is 0 Å². The van der Waals surface area contributed by atoms with Gasteiger partial charge in [0.05, 0.1) is 16.6 Å². The first kappa shape index (κ1) is 12.7. The van der Waals surface area contributed by atoms with E-state index >= 15 is 0 Å². The average molecular weight is 328 g/mol. The number of hydrogen-bond donors (Lipinski definition) is 1. The van der Waals surface area contributed by atoms with E-state index in [0.717, 1.165) is 0 Å². The topological polar surface area (TPSA) is 88.6 Å². The minimum Gasteiger partial charge on any atom is -0.502 e. The molecule has 1 N–H and O–H groups in total.